The van der Waals surface area contributed by atoms with Gasteiger partial charge < -0.3 is 8.98 Å². The number of hydrogen-bond donors (Lipinski definition) is 0. The normalized spacial score (nSPS) is 13.5. The first kappa shape index (κ1) is 26.4. The molecule has 0 spiro atoms. The highest BCUT2D eigenvalue weighted by Crippen LogP contribution is 2.53. The van der Waals surface area contributed by atoms with E-state index < -0.39 is 0 Å². The summed E-state index contributed by atoms with van der Waals surface area (Å²) in [5, 5.41) is 4.98. The minimum Gasteiger partial charge on any atom is -0.545 e. The fourth-order valence-corrected chi connectivity index (χ4v) is 8.11. The zero-order chi connectivity index (χ0) is 31.3. The van der Waals surface area contributed by atoms with Crippen molar-refractivity contribution < 1.29 is 4.42 Å². The van der Waals surface area contributed by atoms with Crippen LogP contribution in [-0.4, -0.2) is 4.57 Å². The largest absolute Gasteiger partial charge is 0.545 e. The molecule has 0 amide bonds. The zero-order valence-corrected chi connectivity index (χ0v) is 26.3. The molecular weight excluding hydrogens is 571 g/mol. The predicted octanol–water partition coefficient (Wildman–Crippen LogP) is 12.4. The number of benzene rings is 7. The summed E-state index contributed by atoms with van der Waals surface area (Å²) in [4.78, 5) is 0. The summed E-state index contributed by atoms with van der Waals surface area (Å²) in [6, 6.07) is 55.5. The Morgan fingerprint density at radius 1 is 0.468 bits per heavy atom. The summed E-state index contributed by atoms with van der Waals surface area (Å²) in [5.74, 6) is 0. The van der Waals surface area contributed by atoms with Gasteiger partial charge in [-0.25, -0.2) is 0 Å². The van der Waals surface area contributed by atoms with E-state index in [9.17, 15) is 0 Å². The van der Waals surface area contributed by atoms with Crippen molar-refractivity contribution in [1.82, 2.24) is 4.57 Å². The SMILES string of the molecule is CC1(C)c2cc(-n3c4cc(-c5ccccc5)ccc4c4ccc(-c5ccccc5)cc43)ccc2-c2c1ccc1c2[oH+]c2ccccc21. The van der Waals surface area contributed by atoms with Gasteiger partial charge in [-0.05, 0) is 75.3 Å². The number of aromatic nitrogens is 1. The predicted molar refractivity (Wildman–Crippen MR) is 198 cm³/mol. The molecule has 1 aliphatic carbocycles. The van der Waals surface area contributed by atoms with Crippen LogP contribution in [0.15, 0.2) is 156 Å². The maximum absolute atomic E-state index is 5.18. The van der Waals surface area contributed by atoms with Crippen molar-refractivity contribution in [3.63, 3.8) is 0 Å². The third kappa shape index (κ3) is 3.73. The first-order valence-electron chi connectivity index (χ1n) is 16.4. The van der Waals surface area contributed by atoms with Crippen LogP contribution in [0.2, 0.25) is 0 Å². The molecule has 2 aromatic heterocycles. The molecule has 0 radical (unpaired) electrons. The number of fused-ring (bicyclic) bond motifs is 10. The molecule has 0 unspecified atom stereocenters. The molecular formula is C45H32NO+. The first-order valence-corrected chi connectivity index (χ1v) is 16.4. The number of rotatable bonds is 3. The van der Waals surface area contributed by atoms with Gasteiger partial charge in [0, 0.05) is 27.9 Å². The van der Waals surface area contributed by atoms with Crippen LogP contribution < -0.4 is 0 Å². The van der Waals surface area contributed by atoms with Gasteiger partial charge >= 0.3 is 0 Å². The Kier molecular flexibility index (Phi) is 5.37. The lowest BCUT2D eigenvalue weighted by atomic mass is 9.82. The third-order valence-electron chi connectivity index (χ3n) is 10.5. The molecule has 0 bridgehead atoms. The van der Waals surface area contributed by atoms with Crippen LogP contribution in [0.5, 0.6) is 0 Å². The van der Waals surface area contributed by atoms with Crippen molar-refractivity contribution in [2.24, 2.45) is 0 Å². The lowest BCUT2D eigenvalue weighted by Crippen LogP contribution is -2.15. The van der Waals surface area contributed by atoms with E-state index in [1.165, 1.54) is 82.8 Å². The summed E-state index contributed by atoms with van der Waals surface area (Å²) < 4.78 is 7.66. The number of nitrogens with zero attached hydrogens (tertiary/aromatic N) is 1. The Bertz CT molecular complexity index is 2590. The summed E-state index contributed by atoms with van der Waals surface area (Å²) in [5.41, 5.74) is 15.8. The van der Waals surface area contributed by atoms with Gasteiger partial charge in [0.15, 0.2) is 0 Å². The van der Waals surface area contributed by atoms with Crippen molar-refractivity contribution in [1.29, 1.82) is 0 Å². The molecule has 1 N–H and O–H groups in total. The molecule has 0 fully saturated rings. The van der Waals surface area contributed by atoms with Gasteiger partial charge in [0.25, 0.3) is 11.2 Å². The monoisotopic (exact) mass is 602 g/mol. The smallest absolute Gasteiger partial charge is 0.277 e. The molecule has 7 aromatic carbocycles. The minimum atomic E-state index is -0.164. The fourth-order valence-electron chi connectivity index (χ4n) is 8.11. The van der Waals surface area contributed by atoms with Crippen molar-refractivity contribution >= 4 is 43.7 Å². The van der Waals surface area contributed by atoms with Gasteiger partial charge in [-0.15, -0.1) is 0 Å². The second-order valence-corrected chi connectivity index (χ2v) is 13.4. The van der Waals surface area contributed by atoms with E-state index in [-0.39, 0.29) is 5.41 Å². The number of furan rings is 1. The summed E-state index contributed by atoms with van der Waals surface area (Å²) in [6.45, 7) is 4.73. The molecule has 0 saturated heterocycles. The van der Waals surface area contributed by atoms with Crippen molar-refractivity contribution in [2.75, 3.05) is 0 Å². The quantitative estimate of drug-likeness (QED) is 0.179. The van der Waals surface area contributed by atoms with Gasteiger partial charge in [0.1, 0.15) is 0 Å². The van der Waals surface area contributed by atoms with Gasteiger partial charge in [0.05, 0.1) is 27.4 Å². The standard InChI is InChI=1S/C45H31NO/c1-45(2)38-24-23-36-35-15-9-10-16-42(35)47-44(36)43(38)37-22-19-32(27-39(37)45)46-40-25-30(28-11-5-3-6-12-28)17-20-33(40)34-21-18-31(26-41(34)46)29-13-7-4-8-14-29/h3-27H,1-2H3/p+1. The number of para-hydroxylation sites is 1. The number of hydrogen-bond acceptors (Lipinski definition) is 0. The van der Waals surface area contributed by atoms with Gasteiger partial charge in [-0.1, -0.05) is 123 Å². The third-order valence-corrected chi connectivity index (χ3v) is 10.5. The van der Waals surface area contributed by atoms with Crippen molar-refractivity contribution in [2.45, 2.75) is 19.3 Å². The van der Waals surface area contributed by atoms with E-state index in [1.807, 2.05) is 0 Å². The lowest BCUT2D eigenvalue weighted by molar-refractivity contribution is 0.653. The Balaban J connectivity index is 1.24. The van der Waals surface area contributed by atoms with E-state index >= 15 is 0 Å². The van der Waals surface area contributed by atoms with Crippen LogP contribution in [0.1, 0.15) is 25.0 Å². The second-order valence-electron chi connectivity index (χ2n) is 13.4. The highest BCUT2D eigenvalue weighted by molar-refractivity contribution is 6.13. The Labute approximate surface area is 273 Å². The van der Waals surface area contributed by atoms with Gasteiger partial charge in [0.2, 0.25) is 0 Å². The summed E-state index contributed by atoms with van der Waals surface area (Å²) >= 11 is 0. The average Bonchev–Trinajstić information content (AvgIpc) is 3.74. The van der Waals surface area contributed by atoms with E-state index in [1.54, 1.807) is 0 Å². The maximum Gasteiger partial charge on any atom is 0.277 e. The Morgan fingerprint density at radius 2 is 1.06 bits per heavy atom. The molecule has 10 rings (SSSR count). The van der Waals surface area contributed by atoms with Crippen LogP contribution in [-0.2, 0) is 5.41 Å². The van der Waals surface area contributed by atoms with Crippen LogP contribution in [0.4, 0.5) is 0 Å². The van der Waals surface area contributed by atoms with Crippen LogP contribution >= 0.6 is 0 Å². The molecule has 2 heteroatoms. The van der Waals surface area contributed by atoms with E-state index in [4.69, 9.17) is 4.42 Å². The summed E-state index contributed by atoms with van der Waals surface area (Å²) in [7, 11) is 0. The molecule has 9 aromatic rings. The first-order chi connectivity index (χ1) is 23.1. The minimum absolute atomic E-state index is 0.164. The molecule has 0 saturated carbocycles. The topological polar surface area (TPSA) is 17.7 Å². The Hall–Kier alpha value is -5.86. The average molecular weight is 603 g/mol. The van der Waals surface area contributed by atoms with E-state index in [2.05, 4.69) is 170 Å². The van der Waals surface area contributed by atoms with E-state index in [0.29, 0.717) is 0 Å². The molecule has 2 nitrogen and oxygen atoms in total. The molecule has 222 valence electrons. The molecule has 1 aliphatic rings. The van der Waals surface area contributed by atoms with Crippen molar-refractivity contribution in [3.05, 3.63) is 163 Å². The molecule has 47 heavy (non-hydrogen) atoms. The van der Waals surface area contributed by atoms with Crippen molar-refractivity contribution in [3.8, 4) is 39.1 Å². The highest BCUT2D eigenvalue weighted by atomic mass is 16.3. The fraction of sp³-hybridized carbons (Fsp3) is 0.0667. The maximum atomic E-state index is 5.18. The van der Waals surface area contributed by atoms with E-state index in [0.717, 1.165) is 11.2 Å². The second kappa shape index (κ2) is 9.57. The Morgan fingerprint density at radius 3 is 1.72 bits per heavy atom. The molecule has 0 aliphatic heterocycles. The van der Waals surface area contributed by atoms with Crippen LogP contribution in [0, 0.1) is 0 Å². The summed E-state index contributed by atoms with van der Waals surface area (Å²) in [6.07, 6.45) is 0. The zero-order valence-electron chi connectivity index (χ0n) is 26.3. The molecule has 0 atom stereocenters. The van der Waals surface area contributed by atoms with Crippen LogP contribution in [0.25, 0.3) is 82.8 Å². The highest BCUT2D eigenvalue weighted by Gasteiger charge is 2.39. The van der Waals surface area contributed by atoms with Gasteiger partial charge in [-0.3, -0.25) is 0 Å². The van der Waals surface area contributed by atoms with Gasteiger partial charge in [-0.2, -0.15) is 0 Å². The van der Waals surface area contributed by atoms with Crippen LogP contribution in [0.3, 0.4) is 0 Å². The molecule has 2 heterocycles. The lowest BCUT2D eigenvalue weighted by Gasteiger charge is -2.22.